The number of allylic oxidation sites excluding steroid dienone is 4. The lowest BCUT2D eigenvalue weighted by Crippen LogP contribution is -1.97. The van der Waals surface area contributed by atoms with Gasteiger partial charge in [-0.3, -0.25) is 0 Å². The van der Waals surface area contributed by atoms with Gasteiger partial charge in [0.25, 0.3) is 0 Å². The highest BCUT2D eigenvalue weighted by Gasteiger charge is 2.09. The molecule has 2 aromatic carbocycles. The van der Waals surface area contributed by atoms with Crippen LogP contribution < -0.4 is 0 Å². The van der Waals surface area contributed by atoms with Crippen LogP contribution in [0.25, 0.3) is 0 Å². The lowest BCUT2D eigenvalue weighted by Gasteiger charge is -2.10. The second-order valence-electron chi connectivity index (χ2n) is 7.42. The molecule has 1 unspecified atom stereocenters. The molecule has 0 fully saturated rings. The fourth-order valence-electron chi connectivity index (χ4n) is 3.84. The zero-order valence-corrected chi connectivity index (χ0v) is 15.9. The summed E-state index contributed by atoms with van der Waals surface area (Å²) >= 11 is 0. The largest absolute Gasteiger partial charge is 0.0773 e. The number of aryl methyl sites for hydroxylation is 3. The molecule has 3 rings (SSSR count). The minimum atomic E-state index is 0.664. The highest BCUT2D eigenvalue weighted by Crippen LogP contribution is 2.23. The van der Waals surface area contributed by atoms with Gasteiger partial charge in [-0.05, 0) is 78.8 Å². The van der Waals surface area contributed by atoms with E-state index in [1.807, 2.05) is 0 Å². The van der Waals surface area contributed by atoms with Crippen molar-refractivity contribution in [2.45, 2.75) is 52.9 Å². The van der Waals surface area contributed by atoms with E-state index in [0.29, 0.717) is 5.92 Å². The van der Waals surface area contributed by atoms with Crippen LogP contribution in [0.15, 0.2) is 66.3 Å². The predicted molar refractivity (Wildman–Crippen MR) is 109 cm³/mol. The van der Waals surface area contributed by atoms with Crippen molar-refractivity contribution in [3.8, 4) is 0 Å². The average molecular weight is 331 g/mol. The van der Waals surface area contributed by atoms with Crippen LogP contribution in [0.1, 0.15) is 47.6 Å². The molecule has 130 valence electrons. The minimum Gasteiger partial charge on any atom is -0.0773 e. The lowest BCUT2D eigenvalue weighted by molar-refractivity contribution is 0.696. The molecule has 2 aromatic rings. The Kier molecular flexibility index (Phi) is 5.91. The Morgan fingerprint density at radius 2 is 1.52 bits per heavy atom. The normalized spacial score (nSPS) is 16.3. The maximum absolute atomic E-state index is 2.44. The van der Waals surface area contributed by atoms with Crippen molar-refractivity contribution in [1.82, 2.24) is 0 Å². The molecule has 0 bridgehead atoms. The van der Waals surface area contributed by atoms with Gasteiger partial charge in [0.1, 0.15) is 0 Å². The smallest absolute Gasteiger partial charge is 0.00288 e. The van der Waals surface area contributed by atoms with Gasteiger partial charge in [-0.2, -0.15) is 0 Å². The molecule has 0 saturated carbocycles. The molecule has 0 aliphatic heterocycles. The molecule has 25 heavy (non-hydrogen) atoms. The summed E-state index contributed by atoms with van der Waals surface area (Å²) < 4.78 is 0. The summed E-state index contributed by atoms with van der Waals surface area (Å²) in [5, 5.41) is 0. The molecular weight excluding hydrogens is 300 g/mol. The van der Waals surface area contributed by atoms with Gasteiger partial charge < -0.3 is 0 Å². The Morgan fingerprint density at radius 3 is 2.20 bits per heavy atom. The molecular formula is C25H30. The van der Waals surface area contributed by atoms with E-state index in [2.05, 4.69) is 81.5 Å². The quantitative estimate of drug-likeness (QED) is 0.540. The van der Waals surface area contributed by atoms with Crippen molar-refractivity contribution in [2.75, 3.05) is 0 Å². The van der Waals surface area contributed by atoms with Crippen molar-refractivity contribution < 1.29 is 0 Å². The number of benzene rings is 2. The van der Waals surface area contributed by atoms with Crippen LogP contribution in [0, 0.1) is 19.8 Å². The zero-order valence-electron chi connectivity index (χ0n) is 15.9. The number of rotatable bonds is 7. The van der Waals surface area contributed by atoms with Gasteiger partial charge >= 0.3 is 0 Å². The average Bonchev–Trinajstić information content (AvgIpc) is 3.03. The number of hydrogen-bond donors (Lipinski definition) is 0. The van der Waals surface area contributed by atoms with Crippen LogP contribution in [0.5, 0.6) is 0 Å². The standard InChI is InChI=1S/C25H30/c1-4-6-22-13-14-24(17-22)18-23-11-9-21(10-12-23)15-16-25-19(2)7-5-8-20(25)3/h5,7-14,17,22H,4,6,15-16,18H2,1-3H3. The van der Waals surface area contributed by atoms with Gasteiger partial charge in [0, 0.05) is 0 Å². The first-order valence-electron chi connectivity index (χ1n) is 9.67. The van der Waals surface area contributed by atoms with Crippen LogP contribution >= 0.6 is 0 Å². The molecule has 0 N–H and O–H groups in total. The summed E-state index contributed by atoms with van der Waals surface area (Å²) in [5.41, 5.74) is 8.67. The molecule has 0 saturated heterocycles. The summed E-state index contributed by atoms with van der Waals surface area (Å²) in [6.45, 7) is 6.71. The maximum Gasteiger partial charge on any atom is -0.00288 e. The van der Waals surface area contributed by atoms with E-state index >= 15 is 0 Å². The van der Waals surface area contributed by atoms with Gasteiger partial charge in [0.05, 0.1) is 0 Å². The topological polar surface area (TPSA) is 0 Å². The second kappa shape index (κ2) is 8.34. The Labute approximate surface area is 153 Å². The van der Waals surface area contributed by atoms with Crippen LogP contribution in [-0.4, -0.2) is 0 Å². The van der Waals surface area contributed by atoms with Gasteiger partial charge in [-0.25, -0.2) is 0 Å². The van der Waals surface area contributed by atoms with Crippen LogP contribution in [0.4, 0.5) is 0 Å². The third kappa shape index (κ3) is 4.72. The maximum atomic E-state index is 2.44. The van der Waals surface area contributed by atoms with E-state index in [4.69, 9.17) is 0 Å². The Hall–Kier alpha value is -2.08. The van der Waals surface area contributed by atoms with E-state index in [9.17, 15) is 0 Å². The molecule has 0 spiro atoms. The molecule has 1 aliphatic rings. The molecule has 1 aliphatic carbocycles. The van der Waals surface area contributed by atoms with Gasteiger partial charge in [0.15, 0.2) is 0 Å². The fourth-order valence-corrected chi connectivity index (χ4v) is 3.84. The van der Waals surface area contributed by atoms with E-state index in [1.165, 1.54) is 46.2 Å². The fraction of sp³-hybridized carbons (Fsp3) is 0.360. The summed E-state index contributed by atoms with van der Waals surface area (Å²) in [6.07, 6.45) is 13.0. The molecule has 0 heteroatoms. The molecule has 1 atom stereocenters. The predicted octanol–water partition coefficient (Wildman–Crippen LogP) is 6.54. The van der Waals surface area contributed by atoms with Crippen LogP contribution in [0.2, 0.25) is 0 Å². The zero-order chi connectivity index (χ0) is 17.6. The van der Waals surface area contributed by atoms with Crippen molar-refractivity contribution in [3.05, 3.63) is 94.1 Å². The highest BCUT2D eigenvalue weighted by atomic mass is 14.1. The van der Waals surface area contributed by atoms with Crippen LogP contribution in [-0.2, 0) is 19.3 Å². The molecule has 0 amide bonds. The van der Waals surface area contributed by atoms with Gasteiger partial charge in [0.2, 0.25) is 0 Å². The van der Waals surface area contributed by atoms with E-state index in [-0.39, 0.29) is 0 Å². The van der Waals surface area contributed by atoms with Crippen molar-refractivity contribution in [1.29, 1.82) is 0 Å². The van der Waals surface area contributed by atoms with E-state index in [0.717, 1.165) is 19.3 Å². The Balaban J connectivity index is 1.58. The highest BCUT2D eigenvalue weighted by molar-refractivity contribution is 5.37. The minimum absolute atomic E-state index is 0.664. The van der Waals surface area contributed by atoms with Crippen molar-refractivity contribution in [2.24, 2.45) is 5.92 Å². The lowest BCUT2D eigenvalue weighted by atomic mass is 9.95. The SMILES string of the molecule is CCCC1C=CC(Cc2ccc(CCc3c(C)cccc3C)cc2)=C1. The first-order chi connectivity index (χ1) is 12.2. The van der Waals surface area contributed by atoms with Crippen molar-refractivity contribution in [3.63, 3.8) is 0 Å². The van der Waals surface area contributed by atoms with E-state index in [1.54, 1.807) is 0 Å². The molecule has 0 aromatic heterocycles. The summed E-state index contributed by atoms with van der Waals surface area (Å²) in [4.78, 5) is 0. The molecule has 0 nitrogen and oxygen atoms in total. The third-order valence-corrected chi connectivity index (χ3v) is 5.35. The van der Waals surface area contributed by atoms with Crippen LogP contribution in [0.3, 0.4) is 0 Å². The Morgan fingerprint density at radius 1 is 0.840 bits per heavy atom. The van der Waals surface area contributed by atoms with Gasteiger partial charge in [-0.15, -0.1) is 0 Å². The first-order valence-corrected chi connectivity index (χ1v) is 9.67. The van der Waals surface area contributed by atoms with Crippen molar-refractivity contribution >= 4 is 0 Å². The third-order valence-electron chi connectivity index (χ3n) is 5.35. The Bertz CT molecular complexity index is 739. The van der Waals surface area contributed by atoms with Gasteiger partial charge in [-0.1, -0.05) is 74.0 Å². The van der Waals surface area contributed by atoms with E-state index < -0.39 is 0 Å². The summed E-state index contributed by atoms with van der Waals surface area (Å²) in [6, 6.07) is 15.8. The number of hydrogen-bond acceptors (Lipinski definition) is 0. The summed E-state index contributed by atoms with van der Waals surface area (Å²) in [5.74, 6) is 0.664. The first kappa shape index (κ1) is 17.7. The summed E-state index contributed by atoms with van der Waals surface area (Å²) in [7, 11) is 0. The second-order valence-corrected chi connectivity index (χ2v) is 7.42. The molecule has 0 radical (unpaired) electrons. The molecule has 0 heterocycles. The monoisotopic (exact) mass is 330 g/mol.